The summed E-state index contributed by atoms with van der Waals surface area (Å²) in [7, 11) is -3.91. The molecule has 0 fully saturated rings. The Morgan fingerprint density at radius 1 is 0.857 bits per heavy atom. The van der Waals surface area contributed by atoms with Gasteiger partial charge in [-0.25, -0.2) is 8.42 Å². The lowest BCUT2D eigenvalue weighted by atomic mass is 10.0. The zero-order valence-corrected chi connectivity index (χ0v) is 15.6. The molecule has 0 aliphatic carbocycles. The van der Waals surface area contributed by atoms with Crippen LogP contribution in [0.5, 0.6) is 0 Å². The van der Waals surface area contributed by atoms with E-state index in [4.69, 9.17) is 0 Å². The molecule has 1 heterocycles. The minimum Gasteiger partial charge on any atom is -0.354 e. The minimum atomic E-state index is -3.91. The molecule has 4 aromatic rings. The highest BCUT2D eigenvalue weighted by Crippen LogP contribution is 2.33. The van der Waals surface area contributed by atoms with Gasteiger partial charge in [0.05, 0.1) is 10.6 Å². The van der Waals surface area contributed by atoms with Gasteiger partial charge in [-0.05, 0) is 29.8 Å². The van der Waals surface area contributed by atoms with Crippen molar-refractivity contribution in [3.63, 3.8) is 0 Å². The van der Waals surface area contributed by atoms with Gasteiger partial charge in [0.25, 0.3) is 0 Å². The first-order valence-corrected chi connectivity index (χ1v) is 10.2. The van der Waals surface area contributed by atoms with Gasteiger partial charge in [-0.15, -0.1) is 0 Å². The predicted octanol–water partition coefficient (Wildman–Crippen LogP) is 5.17. The Kier molecular flexibility index (Phi) is 4.56. The second-order valence-corrected chi connectivity index (χ2v) is 8.18. The van der Waals surface area contributed by atoms with E-state index < -0.39 is 9.84 Å². The van der Waals surface area contributed by atoms with Gasteiger partial charge in [0.2, 0.25) is 9.84 Å². The van der Waals surface area contributed by atoms with Crippen molar-refractivity contribution in [1.29, 1.82) is 5.26 Å². The summed E-state index contributed by atoms with van der Waals surface area (Å²) in [5, 5.41) is 10.5. The van der Waals surface area contributed by atoms with Crippen LogP contribution in [0.25, 0.3) is 28.2 Å². The Balaban J connectivity index is 1.97. The third-order valence-corrected chi connectivity index (χ3v) is 6.22. The van der Waals surface area contributed by atoms with E-state index in [9.17, 15) is 13.7 Å². The molecule has 0 unspecified atom stereocenters. The minimum absolute atomic E-state index is 0.101. The highest BCUT2D eigenvalue weighted by molar-refractivity contribution is 7.95. The van der Waals surface area contributed by atoms with E-state index in [1.54, 1.807) is 18.2 Å². The molecular weight excluding hydrogens is 368 g/mol. The first kappa shape index (κ1) is 17.8. The van der Waals surface area contributed by atoms with Crippen molar-refractivity contribution in [3.05, 3.63) is 95.4 Å². The average Bonchev–Trinajstić information content (AvgIpc) is 3.11. The quantitative estimate of drug-likeness (QED) is 0.493. The smallest absolute Gasteiger partial charge is 0.216 e. The summed E-state index contributed by atoms with van der Waals surface area (Å²) in [6.07, 6.45) is 1.46. The topological polar surface area (TPSA) is 73.7 Å². The van der Waals surface area contributed by atoms with Gasteiger partial charge in [-0.2, -0.15) is 5.26 Å². The van der Waals surface area contributed by atoms with Crippen LogP contribution in [-0.2, 0) is 9.84 Å². The van der Waals surface area contributed by atoms with Crippen molar-refractivity contribution in [2.24, 2.45) is 0 Å². The number of hydrogen-bond donors (Lipinski definition) is 1. The molecule has 1 aromatic heterocycles. The molecule has 1 N–H and O–H groups in total. The number of H-pyrrole nitrogens is 1. The fourth-order valence-electron chi connectivity index (χ4n) is 3.17. The Morgan fingerprint density at radius 2 is 1.46 bits per heavy atom. The van der Waals surface area contributed by atoms with Crippen LogP contribution in [0.3, 0.4) is 0 Å². The van der Waals surface area contributed by atoms with Gasteiger partial charge in [-0.3, -0.25) is 0 Å². The van der Waals surface area contributed by atoms with E-state index in [1.807, 2.05) is 60.7 Å². The highest BCUT2D eigenvalue weighted by Gasteiger charge is 2.22. The van der Waals surface area contributed by atoms with Crippen LogP contribution in [0.15, 0.2) is 94.7 Å². The van der Waals surface area contributed by atoms with Crippen molar-refractivity contribution in [2.45, 2.75) is 4.90 Å². The van der Waals surface area contributed by atoms with Crippen molar-refractivity contribution < 1.29 is 8.42 Å². The normalized spacial score (nSPS) is 12.0. The molecular formula is C23H16N2O2S. The second-order valence-electron chi connectivity index (χ2n) is 6.26. The maximum atomic E-state index is 13.0. The summed E-state index contributed by atoms with van der Waals surface area (Å²) in [5.41, 5.74) is 3.25. The van der Waals surface area contributed by atoms with Crippen LogP contribution in [-0.4, -0.2) is 13.4 Å². The molecule has 0 saturated carbocycles. The molecule has 0 spiro atoms. The summed E-state index contributed by atoms with van der Waals surface area (Å²) in [6, 6.07) is 27.2. The standard InChI is InChI=1S/C23H16N2O2S/c24-16-19(28(26,27)18-11-5-2-6-12-18)15-21-20-13-7-8-14-22(20)25-23(21)17-9-3-1-4-10-17/h1-15,25H/b19-15+. The zero-order chi connectivity index (χ0) is 19.6. The SMILES string of the molecule is N#C/C(=C\c1c(-c2ccccc2)[nH]c2ccccc12)S(=O)(=O)c1ccccc1. The zero-order valence-electron chi connectivity index (χ0n) is 14.8. The predicted molar refractivity (Wildman–Crippen MR) is 111 cm³/mol. The van der Waals surface area contributed by atoms with Crippen LogP contribution < -0.4 is 0 Å². The van der Waals surface area contributed by atoms with Crippen LogP contribution in [0.4, 0.5) is 0 Å². The van der Waals surface area contributed by atoms with Crippen LogP contribution >= 0.6 is 0 Å². The average molecular weight is 384 g/mol. The molecule has 5 heteroatoms. The van der Waals surface area contributed by atoms with Crippen molar-refractivity contribution in [2.75, 3.05) is 0 Å². The third-order valence-electron chi connectivity index (χ3n) is 4.54. The molecule has 0 saturated heterocycles. The van der Waals surface area contributed by atoms with E-state index >= 15 is 0 Å². The van der Waals surface area contributed by atoms with Gasteiger partial charge >= 0.3 is 0 Å². The second kappa shape index (κ2) is 7.18. The Hall–Kier alpha value is -3.62. The Labute approximate surface area is 163 Å². The van der Waals surface area contributed by atoms with Crippen LogP contribution in [0.2, 0.25) is 0 Å². The summed E-state index contributed by atoms with van der Waals surface area (Å²) in [5.74, 6) is 0. The first-order chi connectivity index (χ1) is 13.6. The number of benzene rings is 3. The van der Waals surface area contributed by atoms with Crippen molar-refractivity contribution in [1.82, 2.24) is 4.98 Å². The number of sulfone groups is 1. The number of nitrogens with one attached hydrogen (secondary N) is 1. The molecule has 4 nitrogen and oxygen atoms in total. The molecule has 4 rings (SSSR count). The fourth-order valence-corrected chi connectivity index (χ4v) is 4.34. The molecule has 0 atom stereocenters. The number of hydrogen-bond acceptors (Lipinski definition) is 3. The number of aromatic amines is 1. The maximum Gasteiger partial charge on any atom is 0.216 e. The summed E-state index contributed by atoms with van der Waals surface area (Å²) < 4.78 is 25.9. The van der Waals surface area contributed by atoms with Crippen LogP contribution in [0, 0.1) is 11.3 Å². The van der Waals surface area contributed by atoms with Gasteiger partial charge in [0.1, 0.15) is 11.0 Å². The molecule has 28 heavy (non-hydrogen) atoms. The number of nitriles is 1. The summed E-state index contributed by atoms with van der Waals surface area (Å²) >= 11 is 0. The number of nitrogens with zero attached hydrogens (tertiary/aromatic N) is 1. The van der Waals surface area contributed by atoms with Gasteiger partial charge in [-0.1, -0.05) is 66.7 Å². The molecule has 0 radical (unpaired) electrons. The molecule has 0 aliphatic rings. The highest BCUT2D eigenvalue weighted by atomic mass is 32.2. The monoisotopic (exact) mass is 384 g/mol. The summed E-state index contributed by atoms with van der Waals surface area (Å²) in [4.78, 5) is 3.16. The molecule has 0 amide bonds. The lowest BCUT2D eigenvalue weighted by Crippen LogP contribution is -2.03. The number of rotatable bonds is 4. The largest absolute Gasteiger partial charge is 0.354 e. The van der Waals surface area contributed by atoms with E-state index in [1.165, 1.54) is 18.2 Å². The number of para-hydroxylation sites is 1. The third kappa shape index (κ3) is 3.11. The van der Waals surface area contributed by atoms with E-state index in [0.29, 0.717) is 5.56 Å². The number of fused-ring (bicyclic) bond motifs is 1. The van der Waals surface area contributed by atoms with E-state index in [2.05, 4.69) is 4.98 Å². The number of aromatic nitrogens is 1. The lowest BCUT2D eigenvalue weighted by Gasteiger charge is -2.05. The Morgan fingerprint density at radius 3 is 2.14 bits per heavy atom. The molecule has 3 aromatic carbocycles. The van der Waals surface area contributed by atoms with Gasteiger partial charge in [0.15, 0.2) is 0 Å². The molecule has 0 aliphatic heterocycles. The molecule has 136 valence electrons. The van der Waals surface area contributed by atoms with Crippen LogP contribution in [0.1, 0.15) is 5.56 Å². The van der Waals surface area contributed by atoms with Gasteiger partial charge < -0.3 is 4.98 Å². The van der Waals surface area contributed by atoms with Crippen molar-refractivity contribution in [3.8, 4) is 17.3 Å². The maximum absolute atomic E-state index is 13.0. The van der Waals surface area contributed by atoms with Crippen molar-refractivity contribution >= 4 is 26.8 Å². The van der Waals surface area contributed by atoms with E-state index in [0.717, 1.165) is 22.2 Å². The lowest BCUT2D eigenvalue weighted by molar-refractivity contribution is 0.603. The van der Waals surface area contributed by atoms with E-state index in [-0.39, 0.29) is 9.80 Å². The summed E-state index contributed by atoms with van der Waals surface area (Å²) in [6.45, 7) is 0. The fraction of sp³-hybridized carbons (Fsp3) is 0. The number of allylic oxidation sites excluding steroid dienone is 1. The Bertz CT molecular complexity index is 1310. The first-order valence-electron chi connectivity index (χ1n) is 8.69. The van der Waals surface area contributed by atoms with Gasteiger partial charge in [0, 0.05) is 16.5 Å². The molecule has 0 bridgehead atoms.